The molecule has 0 bridgehead atoms. The van der Waals surface area contributed by atoms with E-state index < -0.39 is 17.5 Å². The van der Waals surface area contributed by atoms with Gasteiger partial charge >= 0.3 is 12.1 Å². The Kier molecular flexibility index (Phi) is 4.52. The van der Waals surface area contributed by atoms with Gasteiger partial charge in [0, 0.05) is 19.0 Å². The first-order valence-corrected chi connectivity index (χ1v) is 9.15. The molecule has 1 amide bonds. The number of rotatable bonds is 4. The SMILES string of the molecule is COC(=O)CC1(C#N)CN(C(=O)OCC2c3ccccc3-c3ccccc32)C1. The average Bonchev–Trinajstić information content (AvgIpc) is 3.02. The highest BCUT2D eigenvalue weighted by molar-refractivity contribution is 5.79. The van der Waals surface area contributed by atoms with Gasteiger partial charge in [-0.05, 0) is 22.3 Å². The molecule has 0 radical (unpaired) electrons. The maximum atomic E-state index is 12.4. The Morgan fingerprint density at radius 3 is 2.21 bits per heavy atom. The number of nitriles is 1. The van der Waals surface area contributed by atoms with E-state index in [2.05, 4.69) is 35.1 Å². The Bertz CT molecular complexity index is 927. The van der Waals surface area contributed by atoms with Crippen molar-refractivity contribution >= 4 is 12.1 Å². The van der Waals surface area contributed by atoms with E-state index in [9.17, 15) is 14.9 Å². The van der Waals surface area contributed by atoms with Crippen molar-refractivity contribution in [3.8, 4) is 17.2 Å². The van der Waals surface area contributed by atoms with Crippen LogP contribution in [0, 0.1) is 16.7 Å². The van der Waals surface area contributed by atoms with E-state index in [1.54, 1.807) is 0 Å². The maximum absolute atomic E-state index is 12.4. The summed E-state index contributed by atoms with van der Waals surface area (Å²) in [5.41, 5.74) is 3.77. The lowest BCUT2D eigenvalue weighted by Crippen LogP contribution is -2.58. The van der Waals surface area contributed by atoms with Crippen molar-refractivity contribution in [3.63, 3.8) is 0 Å². The van der Waals surface area contributed by atoms with Crippen molar-refractivity contribution < 1.29 is 19.1 Å². The molecule has 0 spiro atoms. The normalized spacial score (nSPS) is 16.4. The summed E-state index contributed by atoms with van der Waals surface area (Å²) in [6.07, 6.45) is -0.481. The van der Waals surface area contributed by atoms with E-state index >= 15 is 0 Å². The molecule has 6 heteroatoms. The topological polar surface area (TPSA) is 79.6 Å². The lowest BCUT2D eigenvalue weighted by molar-refractivity contribution is -0.144. The predicted molar refractivity (Wildman–Crippen MR) is 101 cm³/mol. The van der Waals surface area contributed by atoms with Gasteiger partial charge in [-0.25, -0.2) is 4.79 Å². The van der Waals surface area contributed by atoms with Crippen LogP contribution in [0.3, 0.4) is 0 Å². The maximum Gasteiger partial charge on any atom is 0.409 e. The average molecular weight is 376 g/mol. The van der Waals surface area contributed by atoms with Gasteiger partial charge in [-0.2, -0.15) is 5.26 Å². The first kappa shape index (κ1) is 18.1. The van der Waals surface area contributed by atoms with E-state index in [1.165, 1.54) is 23.1 Å². The Balaban J connectivity index is 1.41. The molecule has 1 fully saturated rings. The molecule has 4 rings (SSSR count). The summed E-state index contributed by atoms with van der Waals surface area (Å²) in [6.45, 7) is 0.588. The zero-order valence-corrected chi connectivity index (χ0v) is 15.6. The number of carbonyl (C=O) groups excluding carboxylic acids is 2. The van der Waals surface area contributed by atoms with Crippen LogP contribution >= 0.6 is 0 Å². The first-order valence-electron chi connectivity index (χ1n) is 9.15. The van der Waals surface area contributed by atoms with E-state index in [0.717, 1.165) is 11.1 Å². The lowest BCUT2D eigenvalue weighted by atomic mass is 9.78. The van der Waals surface area contributed by atoms with Crippen LogP contribution in [0.15, 0.2) is 48.5 Å². The van der Waals surface area contributed by atoms with Gasteiger partial charge in [0.1, 0.15) is 12.0 Å². The number of benzene rings is 2. The fraction of sp³-hybridized carbons (Fsp3) is 0.318. The van der Waals surface area contributed by atoms with E-state index in [4.69, 9.17) is 4.74 Å². The molecule has 0 atom stereocenters. The van der Waals surface area contributed by atoms with Crippen LogP contribution in [0.5, 0.6) is 0 Å². The summed E-state index contributed by atoms with van der Waals surface area (Å²) in [5, 5.41) is 9.36. The van der Waals surface area contributed by atoms with Crippen molar-refractivity contribution in [2.75, 3.05) is 26.8 Å². The van der Waals surface area contributed by atoms with E-state index in [-0.39, 0.29) is 32.0 Å². The third-order valence-corrected chi connectivity index (χ3v) is 5.53. The molecule has 142 valence electrons. The molecule has 1 saturated heterocycles. The molecule has 0 aromatic heterocycles. The van der Waals surface area contributed by atoms with Gasteiger partial charge in [0.2, 0.25) is 0 Å². The fourth-order valence-electron chi connectivity index (χ4n) is 4.07. The summed E-state index contributed by atoms with van der Waals surface area (Å²) in [5.74, 6) is -0.456. The second kappa shape index (κ2) is 7.01. The van der Waals surface area contributed by atoms with Crippen LogP contribution in [0.25, 0.3) is 11.1 Å². The van der Waals surface area contributed by atoms with Crippen molar-refractivity contribution in [2.45, 2.75) is 12.3 Å². The monoisotopic (exact) mass is 376 g/mol. The Hall–Kier alpha value is -3.33. The number of likely N-dealkylation sites (tertiary alicyclic amines) is 1. The quantitative estimate of drug-likeness (QED) is 0.765. The number of fused-ring (bicyclic) bond motifs is 3. The molecule has 0 N–H and O–H groups in total. The van der Waals surface area contributed by atoms with Crippen LogP contribution < -0.4 is 0 Å². The zero-order valence-electron chi connectivity index (χ0n) is 15.6. The summed E-state index contributed by atoms with van der Waals surface area (Å²) in [6, 6.07) is 18.4. The second-order valence-electron chi connectivity index (χ2n) is 7.31. The summed E-state index contributed by atoms with van der Waals surface area (Å²) in [7, 11) is 1.29. The number of ether oxygens (including phenoxy) is 2. The van der Waals surface area contributed by atoms with Crippen molar-refractivity contribution in [1.82, 2.24) is 4.90 Å². The number of hydrogen-bond acceptors (Lipinski definition) is 5. The largest absolute Gasteiger partial charge is 0.469 e. The molecule has 0 saturated carbocycles. The molecule has 1 aliphatic carbocycles. The van der Waals surface area contributed by atoms with Crippen LogP contribution in [0.1, 0.15) is 23.5 Å². The van der Waals surface area contributed by atoms with E-state index in [1.807, 2.05) is 24.3 Å². The number of esters is 1. The molecule has 1 aliphatic heterocycles. The standard InChI is InChI=1S/C22H20N2O4/c1-27-20(25)10-22(12-23)13-24(14-22)21(26)28-11-19-17-8-4-2-6-15(17)16-7-3-5-9-18(16)19/h2-9,19H,10-11,13-14H2,1H3. The molecular weight excluding hydrogens is 356 g/mol. The van der Waals surface area contributed by atoms with Crippen LogP contribution in [0.4, 0.5) is 4.79 Å². The van der Waals surface area contributed by atoms with Gasteiger partial charge < -0.3 is 14.4 Å². The molecule has 2 aromatic rings. The first-order chi connectivity index (χ1) is 13.6. The van der Waals surface area contributed by atoms with Crippen molar-refractivity contribution in [2.24, 2.45) is 5.41 Å². The Morgan fingerprint density at radius 1 is 1.11 bits per heavy atom. The number of amides is 1. The minimum Gasteiger partial charge on any atom is -0.469 e. The summed E-state index contributed by atoms with van der Waals surface area (Å²) >= 11 is 0. The predicted octanol–water partition coefficient (Wildman–Crippen LogP) is 3.32. The molecule has 1 heterocycles. The van der Waals surface area contributed by atoms with Gasteiger partial charge in [0.05, 0.1) is 19.6 Å². The molecular formula is C22H20N2O4. The Labute approximate surface area is 163 Å². The summed E-state index contributed by atoms with van der Waals surface area (Å²) < 4.78 is 10.2. The highest BCUT2D eigenvalue weighted by Gasteiger charge is 2.48. The number of nitrogens with zero attached hydrogens (tertiary/aromatic N) is 2. The molecule has 2 aromatic carbocycles. The van der Waals surface area contributed by atoms with Crippen LogP contribution in [-0.2, 0) is 14.3 Å². The second-order valence-corrected chi connectivity index (χ2v) is 7.31. The highest BCUT2D eigenvalue weighted by atomic mass is 16.6. The van der Waals surface area contributed by atoms with Crippen molar-refractivity contribution in [3.05, 3.63) is 59.7 Å². The molecule has 0 unspecified atom stereocenters. The lowest BCUT2D eigenvalue weighted by Gasteiger charge is -2.44. The number of hydrogen-bond donors (Lipinski definition) is 0. The summed E-state index contributed by atoms with van der Waals surface area (Å²) in [4.78, 5) is 25.4. The van der Waals surface area contributed by atoms with Gasteiger partial charge in [-0.3, -0.25) is 4.79 Å². The minimum absolute atomic E-state index is 0.00609. The smallest absolute Gasteiger partial charge is 0.409 e. The van der Waals surface area contributed by atoms with Crippen molar-refractivity contribution in [1.29, 1.82) is 5.26 Å². The van der Waals surface area contributed by atoms with Crippen LogP contribution in [-0.4, -0.2) is 43.8 Å². The van der Waals surface area contributed by atoms with Crippen LogP contribution in [0.2, 0.25) is 0 Å². The molecule has 6 nitrogen and oxygen atoms in total. The van der Waals surface area contributed by atoms with Gasteiger partial charge in [-0.1, -0.05) is 48.5 Å². The third-order valence-electron chi connectivity index (χ3n) is 5.53. The minimum atomic E-state index is -0.876. The van der Waals surface area contributed by atoms with Gasteiger partial charge in [0.15, 0.2) is 0 Å². The number of carbonyl (C=O) groups is 2. The third kappa shape index (κ3) is 2.99. The zero-order chi connectivity index (χ0) is 19.7. The van der Waals surface area contributed by atoms with E-state index in [0.29, 0.717) is 0 Å². The fourth-order valence-corrected chi connectivity index (χ4v) is 4.07. The Morgan fingerprint density at radius 2 is 1.68 bits per heavy atom. The van der Waals surface area contributed by atoms with Gasteiger partial charge in [0.25, 0.3) is 0 Å². The molecule has 28 heavy (non-hydrogen) atoms. The molecule has 2 aliphatic rings. The van der Waals surface area contributed by atoms with Gasteiger partial charge in [-0.15, -0.1) is 0 Å². The highest BCUT2D eigenvalue weighted by Crippen LogP contribution is 2.44. The number of methoxy groups -OCH3 is 1.